The highest BCUT2D eigenvalue weighted by atomic mass is 16.3. The third-order valence-corrected chi connectivity index (χ3v) is 4.52. The summed E-state index contributed by atoms with van der Waals surface area (Å²) < 4.78 is 1.62. The third-order valence-electron chi connectivity index (χ3n) is 4.52. The number of carbonyl (C=O) groups excluding carboxylic acids is 1. The van der Waals surface area contributed by atoms with Crippen molar-refractivity contribution in [2.75, 3.05) is 13.1 Å². The van der Waals surface area contributed by atoms with Gasteiger partial charge in [-0.2, -0.15) is 5.10 Å². The van der Waals surface area contributed by atoms with E-state index in [-0.39, 0.29) is 12.0 Å². The molecule has 3 heterocycles. The minimum atomic E-state index is -0.180. The van der Waals surface area contributed by atoms with E-state index in [1.165, 1.54) is 0 Å². The fraction of sp³-hybridized carbons (Fsp3) is 0.500. The zero-order chi connectivity index (χ0) is 13.7. The van der Waals surface area contributed by atoms with Crippen molar-refractivity contribution in [2.24, 2.45) is 11.8 Å². The summed E-state index contributed by atoms with van der Waals surface area (Å²) in [6.45, 7) is 1.48. The SMILES string of the molecule is O=C(c1cnn2cccnc12)N1C[C@H]2CC(O)C[C@H]2C1. The van der Waals surface area contributed by atoms with Crippen LogP contribution < -0.4 is 0 Å². The van der Waals surface area contributed by atoms with Crippen LogP contribution in [0.25, 0.3) is 5.65 Å². The van der Waals surface area contributed by atoms with Gasteiger partial charge in [-0.25, -0.2) is 9.50 Å². The first-order valence-corrected chi connectivity index (χ1v) is 6.98. The van der Waals surface area contributed by atoms with Crippen LogP contribution in [0.1, 0.15) is 23.2 Å². The van der Waals surface area contributed by atoms with E-state index in [0.717, 1.165) is 25.9 Å². The lowest BCUT2D eigenvalue weighted by molar-refractivity contribution is 0.0767. The average molecular weight is 272 g/mol. The summed E-state index contributed by atoms with van der Waals surface area (Å²) in [5.41, 5.74) is 1.17. The average Bonchev–Trinajstić information content (AvgIpc) is 3.09. The standard InChI is InChI=1S/C14H16N4O2/c19-11-4-9-7-17(8-10(9)5-11)14(20)12-6-16-18-3-1-2-15-13(12)18/h1-3,6,9-11,19H,4-5,7-8H2/t9-,10+,11?. The molecule has 1 saturated heterocycles. The maximum atomic E-state index is 12.6. The molecule has 104 valence electrons. The molecule has 1 amide bonds. The van der Waals surface area contributed by atoms with E-state index in [2.05, 4.69) is 10.1 Å². The minimum Gasteiger partial charge on any atom is -0.393 e. The molecule has 0 aromatic carbocycles. The Kier molecular flexibility index (Phi) is 2.53. The molecule has 1 aliphatic heterocycles. The number of fused-ring (bicyclic) bond motifs is 2. The Hall–Kier alpha value is -1.95. The highest BCUT2D eigenvalue weighted by molar-refractivity contribution is 5.99. The Morgan fingerprint density at radius 2 is 2.05 bits per heavy atom. The fourth-order valence-electron chi connectivity index (χ4n) is 3.58. The van der Waals surface area contributed by atoms with E-state index in [9.17, 15) is 9.90 Å². The maximum absolute atomic E-state index is 12.6. The molecule has 6 heteroatoms. The zero-order valence-corrected chi connectivity index (χ0v) is 11.0. The molecule has 1 N–H and O–H groups in total. The van der Waals surface area contributed by atoms with Crippen LogP contribution >= 0.6 is 0 Å². The van der Waals surface area contributed by atoms with E-state index in [1.54, 1.807) is 29.2 Å². The lowest BCUT2D eigenvalue weighted by Gasteiger charge is -2.17. The largest absolute Gasteiger partial charge is 0.393 e. The molecule has 2 aromatic heterocycles. The molecule has 6 nitrogen and oxygen atoms in total. The lowest BCUT2D eigenvalue weighted by Crippen LogP contribution is -2.30. The third kappa shape index (κ3) is 1.71. The second-order valence-electron chi connectivity index (χ2n) is 5.80. The van der Waals surface area contributed by atoms with Gasteiger partial charge in [0.15, 0.2) is 5.65 Å². The first-order chi connectivity index (χ1) is 9.72. The Labute approximate surface area is 116 Å². The van der Waals surface area contributed by atoms with Gasteiger partial charge in [0.2, 0.25) is 0 Å². The van der Waals surface area contributed by atoms with E-state index in [4.69, 9.17) is 0 Å². The van der Waals surface area contributed by atoms with Gasteiger partial charge < -0.3 is 10.0 Å². The van der Waals surface area contributed by atoms with Gasteiger partial charge in [0, 0.05) is 25.5 Å². The first-order valence-electron chi connectivity index (χ1n) is 6.98. The van der Waals surface area contributed by atoms with Crippen molar-refractivity contribution in [1.29, 1.82) is 0 Å². The van der Waals surface area contributed by atoms with Crippen LogP contribution in [-0.4, -0.2) is 49.7 Å². The first kappa shape index (κ1) is 11.8. The number of nitrogens with zero attached hydrogens (tertiary/aromatic N) is 4. The highest BCUT2D eigenvalue weighted by Gasteiger charge is 2.42. The zero-order valence-electron chi connectivity index (χ0n) is 11.0. The summed E-state index contributed by atoms with van der Waals surface area (Å²) in [6, 6.07) is 1.79. The van der Waals surface area contributed by atoms with E-state index >= 15 is 0 Å². The van der Waals surface area contributed by atoms with Crippen molar-refractivity contribution in [2.45, 2.75) is 18.9 Å². The Bertz CT molecular complexity index is 654. The number of amides is 1. The molecule has 3 atom stereocenters. The molecule has 1 aliphatic carbocycles. The van der Waals surface area contributed by atoms with Gasteiger partial charge in [-0.15, -0.1) is 0 Å². The van der Waals surface area contributed by atoms with Crippen LogP contribution in [0, 0.1) is 11.8 Å². The smallest absolute Gasteiger partial charge is 0.259 e. The number of hydrogen-bond donors (Lipinski definition) is 1. The van der Waals surface area contributed by atoms with Gasteiger partial charge in [-0.05, 0) is 30.7 Å². The quantitative estimate of drug-likeness (QED) is 0.824. The number of aliphatic hydroxyl groups excluding tert-OH is 1. The molecule has 20 heavy (non-hydrogen) atoms. The van der Waals surface area contributed by atoms with Gasteiger partial charge >= 0.3 is 0 Å². The Balaban J connectivity index is 1.59. The van der Waals surface area contributed by atoms with Crippen molar-refractivity contribution >= 4 is 11.6 Å². The van der Waals surface area contributed by atoms with E-state index < -0.39 is 0 Å². The van der Waals surface area contributed by atoms with Crippen LogP contribution in [-0.2, 0) is 0 Å². The second-order valence-corrected chi connectivity index (χ2v) is 5.80. The summed E-state index contributed by atoms with van der Waals surface area (Å²) in [5, 5.41) is 13.8. The van der Waals surface area contributed by atoms with Gasteiger partial charge in [-0.1, -0.05) is 0 Å². The molecule has 1 unspecified atom stereocenters. The van der Waals surface area contributed by atoms with Crippen LogP contribution in [0.15, 0.2) is 24.7 Å². The summed E-state index contributed by atoms with van der Waals surface area (Å²) in [4.78, 5) is 18.7. The molecule has 2 fully saturated rings. The summed E-state index contributed by atoms with van der Waals surface area (Å²) >= 11 is 0. The predicted molar refractivity (Wildman–Crippen MR) is 71.1 cm³/mol. The number of hydrogen-bond acceptors (Lipinski definition) is 4. The van der Waals surface area contributed by atoms with Crippen LogP contribution in [0.5, 0.6) is 0 Å². The Morgan fingerprint density at radius 1 is 1.30 bits per heavy atom. The normalized spacial score (nSPS) is 29.1. The van der Waals surface area contributed by atoms with Crippen molar-refractivity contribution in [3.63, 3.8) is 0 Å². The second kappa shape index (κ2) is 4.28. The van der Waals surface area contributed by atoms with Gasteiger partial charge in [-0.3, -0.25) is 4.79 Å². The van der Waals surface area contributed by atoms with Gasteiger partial charge in [0.1, 0.15) is 5.56 Å². The number of likely N-dealkylation sites (tertiary alicyclic amines) is 1. The molecular weight excluding hydrogens is 256 g/mol. The predicted octanol–water partition coefficient (Wildman–Crippen LogP) is 0.572. The summed E-state index contributed by atoms with van der Waals surface area (Å²) in [5.74, 6) is 0.898. The number of aliphatic hydroxyl groups is 1. The molecule has 2 aromatic rings. The molecule has 0 spiro atoms. The van der Waals surface area contributed by atoms with Crippen molar-refractivity contribution in [3.05, 3.63) is 30.2 Å². The molecule has 4 rings (SSSR count). The molecular formula is C14H16N4O2. The van der Waals surface area contributed by atoms with Crippen molar-refractivity contribution in [3.8, 4) is 0 Å². The monoisotopic (exact) mass is 272 g/mol. The van der Waals surface area contributed by atoms with E-state index in [0.29, 0.717) is 23.0 Å². The molecule has 0 bridgehead atoms. The van der Waals surface area contributed by atoms with Crippen LogP contribution in [0.3, 0.4) is 0 Å². The van der Waals surface area contributed by atoms with E-state index in [1.807, 2.05) is 4.90 Å². The molecule has 2 aliphatic rings. The van der Waals surface area contributed by atoms with Crippen LogP contribution in [0.2, 0.25) is 0 Å². The van der Waals surface area contributed by atoms with Crippen molar-refractivity contribution in [1.82, 2.24) is 19.5 Å². The fourth-order valence-corrected chi connectivity index (χ4v) is 3.58. The topological polar surface area (TPSA) is 70.7 Å². The highest BCUT2D eigenvalue weighted by Crippen LogP contribution is 2.38. The number of aromatic nitrogens is 3. The van der Waals surface area contributed by atoms with Crippen molar-refractivity contribution < 1.29 is 9.90 Å². The number of carbonyl (C=O) groups is 1. The molecule has 0 radical (unpaired) electrons. The summed E-state index contributed by atoms with van der Waals surface area (Å²) in [7, 11) is 0. The summed E-state index contributed by atoms with van der Waals surface area (Å²) in [6.07, 6.45) is 6.51. The van der Waals surface area contributed by atoms with Gasteiger partial charge in [0.05, 0.1) is 12.3 Å². The Morgan fingerprint density at radius 3 is 2.80 bits per heavy atom. The maximum Gasteiger partial charge on any atom is 0.259 e. The van der Waals surface area contributed by atoms with Crippen LogP contribution in [0.4, 0.5) is 0 Å². The lowest BCUT2D eigenvalue weighted by atomic mass is 10.0. The molecule has 1 saturated carbocycles. The van der Waals surface area contributed by atoms with Gasteiger partial charge in [0.25, 0.3) is 5.91 Å². The minimum absolute atomic E-state index is 0.00240. The number of rotatable bonds is 1.